The Balaban J connectivity index is 1.42. The van der Waals surface area contributed by atoms with E-state index in [9.17, 15) is 18.2 Å². The van der Waals surface area contributed by atoms with Crippen LogP contribution in [0.15, 0.2) is 105 Å². The van der Waals surface area contributed by atoms with E-state index in [4.69, 9.17) is 9.05 Å². The number of halogens is 2. The summed E-state index contributed by atoms with van der Waals surface area (Å²) in [5.74, 6) is -1.00. The molecule has 4 nitrogen and oxygen atoms in total. The van der Waals surface area contributed by atoms with Crippen LogP contribution in [-0.4, -0.2) is 4.89 Å². The zero-order valence-electron chi connectivity index (χ0n) is 18.9. The maximum Gasteiger partial charge on any atom is 0.584 e. The second kappa shape index (κ2) is 9.54. The minimum atomic E-state index is -4.83. The Labute approximate surface area is 220 Å². The van der Waals surface area contributed by atoms with Gasteiger partial charge in [-0.05, 0) is 48.6 Å². The van der Waals surface area contributed by atoms with E-state index in [0.717, 1.165) is 9.79 Å². The van der Waals surface area contributed by atoms with E-state index in [1.807, 2.05) is 24.3 Å². The van der Waals surface area contributed by atoms with Gasteiger partial charge < -0.3 is 9.05 Å². The highest BCUT2D eigenvalue weighted by Gasteiger charge is 2.32. The van der Waals surface area contributed by atoms with Gasteiger partial charge in [0.2, 0.25) is 0 Å². The van der Waals surface area contributed by atoms with E-state index in [-0.39, 0.29) is 22.6 Å². The molecule has 9 heteroatoms. The van der Waals surface area contributed by atoms with E-state index >= 15 is 0 Å². The van der Waals surface area contributed by atoms with Crippen molar-refractivity contribution in [3.63, 3.8) is 0 Å². The third kappa shape index (κ3) is 4.74. The van der Waals surface area contributed by atoms with Crippen LogP contribution in [0.2, 0.25) is 0 Å². The monoisotopic (exact) mass is 550 g/mol. The van der Waals surface area contributed by atoms with Crippen LogP contribution in [0.25, 0.3) is 23.7 Å². The number of hydrogen-bond acceptors (Lipinski definition) is 5. The summed E-state index contributed by atoms with van der Waals surface area (Å²) < 4.78 is 54.1. The normalized spacial score (nSPS) is 14.0. The predicted molar refractivity (Wildman–Crippen MR) is 142 cm³/mol. The van der Waals surface area contributed by atoms with Gasteiger partial charge in [-0.3, -0.25) is 4.89 Å². The van der Waals surface area contributed by atoms with Crippen molar-refractivity contribution in [2.24, 2.45) is 0 Å². The molecule has 6 rings (SSSR count). The molecular weight excluding hydrogens is 533 g/mol. The first-order chi connectivity index (χ1) is 17.9. The molecule has 0 bridgehead atoms. The minimum absolute atomic E-state index is 0.0127. The van der Waals surface area contributed by atoms with Gasteiger partial charge >= 0.3 is 7.82 Å². The Morgan fingerprint density at radius 3 is 1.46 bits per heavy atom. The molecule has 2 aliphatic heterocycles. The minimum Gasteiger partial charge on any atom is -0.394 e. The molecule has 0 radical (unpaired) electrons. The summed E-state index contributed by atoms with van der Waals surface area (Å²) in [6, 6.07) is 23.6. The van der Waals surface area contributed by atoms with Crippen molar-refractivity contribution in [2.45, 2.75) is 19.6 Å². The molecule has 0 aromatic heterocycles. The molecule has 2 heterocycles. The molecule has 0 saturated heterocycles. The molecule has 4 aromatic rings. The zero-order chi connectivity index (χ0) is 25.6. The van der Waals surface area contributed by atoms with Gasteiger partial charge in [0.25, 0.3) is 0 Å². The fourth-order valence-electron chi connectivity index (χ4n) is 4.08. The van der Waals surface area contributed by atoms with Crippen molar-refractivity contribution in [2.75, 3.05) is 0 Å². The Morgan fingerprint density at radius 2 is 1.00 bits per heavy atom. The second-order valence-electron chi connectivity index (χ2n) is 8.17. The number of rotatable bonds is 4. The first-order valence-electron chi connectivity index (χ1n) is 11.1. The van der Waals surface area contributed by atoms with E-state index < -0.39 is 19.5 Å². The van der Waals surface area contributed by atoms with Crippen LogP contribution < -0.4 is 0 Å². The van der Waals surface area contributed by atoms with Gasteiger partial charge in [-0.1, -0.05) is 72.1 Å². The van der Waals surface area contributed by atoms with Gasteiger partial charge in [0, 0.05) is 41.8 Å². The average molecular weight is 551 g/mol. The van der Waals surface area contributed by atoms with Crippen molar-refractivity contribution < 1.29 is 27.3 Å². The topological polar surface area (TPSA) is 55.8 Å². The Kier molecular flexibility index (Phi) is 6.21. The predicted octanol–water partition coefficient (Wildman–Crippen LogP) is 8.72. The Morgan fingerprint density at radius 1 is 0.595 bits per heavy atom. The summed E-state index contributed by atoms with van der Waals surface area (Å²) in [5.41, 5.74) is 1.52. The number of hydrogen-bond donors (Lipinski definition) is 1. The zero-order valence-corrected chi connectivity index (χ0v) is 21.5. The van der Waals surface area contributed by atoms with E-state index in [0.29, 0.717) is 20.9 Å². The first-order valence-corrected chi connectivity index (χ1v) is 14.3. The smallest absolute Gasteiger partial charge is 0.394 e. The third-order valence-corrected chi connectivity index (χ3v) is 8.91. The molecule has 1 N–H and O–H groups in total. The lowest BCUT2D eigenvalue weighted by atomic mass is 10.1. The molecule has 0 atom stereocenters. The molecule has 184 valence electrons. The molecule has 0 unspecified atom stereocenters. The molecule has 2 aliphatic rings. The van der Waals surface area contributed by atoms with Gasteiger partial charge in [-0.15, -0.1) is 0 Å². The van der Waals surface area contributed by atoms with Crippen LogP contribution in [0.5, 0.6) is 0 Å². The van der Waals surface area contributed by atoms with Crippen LogP contribution in [-0.2, 0) is 13.6 Å². The number of phosphoric acid groups is 1. The molecule has 0 amide bonds. The van der Waals surface area contributed by atoms with Gasteiger partial charge in [0.1, 0.15) is 23.2 Å². The van der Waals surface area contributed by atoms with E-state index in [1.54, 1.807) is 48.5 Å². The van der Waals surface area contributed by atoms with Crippen LogP contribution in [0.3, 0.4) is 0 Å². The Hall–Kier alpha value is -3.29. The fraction of sp³-hybridized carbons (Fsp3) is 0. The second-order valence-corrected chi connectivity index (χ2v) is 11.6. The summed E-state index contributed by atoms with van der Waals surface area (Å²) in [7, 11) is -4.83. The summed E-state index contributed by atoms with van der Waals surface area (Å²) in [4.78, 5) is 13.7. The number of benzene rings is 4. The molecular formula is C28H17F2O4PS2. The molecule has 0 aliphatic carbocycles. The standard InChI is InChI=1S/C28H17F2O4PS2/c29-21-9-5-13-27-19(21)15-23(17-7-1-3-11-25(17)36-27)33-35(31,32)34-24-16-20-22(30)10-6-14-28(20)37-26-12-4-2-8-18(24)26/h1-16H,(H,31,32). The lowest BCUT2D eigenvalue weighted by Crippen LogP contribution is -1.98. The van der Waals surface area contributed by atoms with Gasteiger partial charge in [0.15, 0.2) is 0 Å². The van der Waals surface area contributed by atoms with Crippen molar-refractivity contribution in [1.82, 2.24) is 0 Å². The highest BCUT2D eigenvalue weighted by atomic mass is 32.2. The number of fused-ring (bicyclic) bond motifs is 4. The first kappa shape index (κ1) is 24.1. The third-order valence-electron chi connectivity index (χ3n) is 5.75. The summed E-state index contributed by atoms with van der Waals surface area (Å²) >= 11 is 2.66. The maximum atomic E-state index is 14.7. The van der Waals surface area contributed by atoms with Crippen LogP contribution in [0.1, 0.15) is 22.3 Å². The van der Waals surface area contributed by atoms with Crippen molar-refractivity contribution in [1.29, 1.82) is 0 Å². The lowest BCUT2D eigenvalue weighted by molar-refractivity contribution is 0.264. The van der Waals surface area contributed by atoms with Crippen molar-refractivity contribution >= 4 is 55.0 Å². The SMILES string of the molecule is O=P(O)(OC1=Cc2c(F)cccc2Sc2ccccc21)OC1=Cc2c(F)cccc2Sc2ccccc21. The summed E-state index contributed by atoms with van der Waals surface area (Å²) in [6.45, 7) is 0. The van der Waals surface area contributed by atoms with Gasteiger partial charge in [0.05, 0.1) is 0 Å². The van der Waals surface area contributed by atoms with Crippen LogP contribution >= 0.6 is 31.3 Å². The quantitative estimate of drug-likeness (QED) is 0.257. The molecule has 0 saturated carbocycles. The number of phosphoric ester groups is 1. The van der Waals surface area contributed by atoms with Crippen LogP contribution in [0, 0.1) is 11.6 Å². The van der Waals surface area contributed by atoms with Crippen molar-refractivity contribution in [3.05, 3.63) is 119 Å². The summed E-state index contributed by atoms with van der Waals surface area (Å²) in [5, 5.41) is 0. The van der Waals surface area contributed by atoms with E-state index in [2.05, 4.69) is 0 Å². The fourth-order valence-corrected chi connectivity index (χ4v) is 7.07. The van der Waals surface area contributed by atoms with E-state index in [1.165, 1.54) is 47.8 Å². The maximum absolute atomic E-state index is 14.7. The molecule has 0 fully saturated rings. The van der Waals surface area contributed by atoms with Gasteiger partial charge in [-0.25, -0.2) is 13.3 Å². The highest BCUT2D eigenvalue weighted by molar-refractivity contribution is 7.99. The molecule has 37 heavy (non-hydrogen) atoms. The largest absolute Gasteiger partial charge is 0.584 e. The summed E-state index contributed by atoms with van der Waals surface area (Å²) in [6.07, 6.45) is 2.80. The van der Waals surface area contributed by atoms with Crippen LogP contribution in [0.4, 0.5) is 8.78 Å². The van der Waals surface area contributed by atoms with Gasteiger partial charge in [-0.2, -0.15) is 0 Å². The molecule has 4 aromatic carbocycles. The van der Waals surface area contributed by atoms with Crippen molar-refractivity contribution in [3.8, 4) is 0 Å². The Bertz CT molecular complexity index is 1550. The average Bonchev–Trinajstić information content (AvgIpc) is 3.13. The lowest BCUT2D eigenvalue weighted by Gasteiger charge is -2.19. The molecule has 0 spiro atoms. The highest BCUT2D eigenvalue weighted by Crippen LogP contribution is 2.55.